The third-order valence-corrected chi connectivity index (χ3v) is 3.60. The van der Waals surface area contributed by atoms with Crippen LogP contribution in [-0.2, 0) is 17.8 Å². The van der Waals surface area contributed by atoms with Crippen LogP contribution in [0.25, 0.3) is 0 Å². The van der Waals surface area contributed by atoms with Crippen molar-refractivity contribution in [3.8, 4) is 0 Å². The van der Waals surface area contributed by atoms with E-state index in [9.17, 15) is 9.59 Å². The van der Waals surface area contributed by atoms with Crippen molar-refractivity contribution in [1.82, 2.24) is 10.6 Å². The van der Waals surface area contributed by atoms with Gasteiger partial charge in [0.1, 0.15) is 0 Å². The first-order chi connectivity index (χ1) is 12.0. The van der Waals surface area contributed by atoms with Crippen molar-refractivity contribution in [2.24, 2.45) is 0 Å². The van der Waals surface area contributed by atoms with Gasteiger partial charge in [0.2, 0.25) is 5.91 Å². The molecule has 0 radical (unpaired) electrons. The van der Waals surface area contributed by atoms with Crippen LogP contribution >= 0.6 is 0 Å². The zero-order chi connectivity index (χ0) is 18.1. The molecule has 0 aliphatic heterocycles. The Morgan fingerprint density at radius 1 is 0.920 bits per heavy atom. The van der Waals surface area contributed by atoms with E-state index in [1.807, 2.05) is 68.4 Å². The minimum absolute atomic E-state index is 0.0300. The van der Waals surface area contributed by atoms with Gasteiger partial charge in [0.25, 0.3) is 0 Å². The molecule has 0 aliphatic carbocycles. The number of carbonyl (C=O) groups excluding carboxylic acids is 2. The summed E-state index contributed by atoms with van der Waals surface area (Å²) in [5.74, 6) is 0.0300. The third-order valence-electron chi connectivity index (χ3n) is 3.60. The molecule has 0 aliphatic rings. The fraction of sp³-hybridized carbons (Fsp3) is 0.300. The average Bonchev–Trinajstić information content (AvgIpc) is 2.59. The molecule has 5 heteroatoms. The minimum atomic E-state index is -0.225. The van der Waals surface area contributed by atoms with Crippen molar-refractivity contribution < 1.29 is 9.59 Å². The second kappa shape index (κ2) is 9.47. The number of anilines is 1. The lowest BCUT2D eigenvalue weighted by atomic mass is 10.1. The third kappa shape index (κ3) is 7.08. The number of aryl methyl sites for hydroxylation is 1. The van der Waals surface area contributed by atoms with Gasteiger partial charge in [-0.05, 0) is 43.5 Å². The second-order valence-electron chi connectivity index (χ2n) is 6.21. The van der Waals surface area contributed by atoms with Crippen LogP contribution < -0.4 is 16.0 Å². The number of carbonyl (C=O) groups is 2. The first-order valence-corrected chi connectivity index (χ1v) is 8.50. The Morgan fingerprint density at radius 2 is 1.60 bits per heavy atom. The van der Waals surface area contributed by atoms with Crippen LogP contribution in [0, 0.1) is 0 Å². The van der Waals surface area contributed by atoms with E-state index in [0.29, 0.717) is 13.0 Å². The lowest BCUT2D eigenvalue weighted by molar-refractivity contribution is -0.121. The normalized spacial score (nSPS) is 10.4. The van der Waals surface area contributed by atoms with Gasteiger partial charge >= 0.3 is 6.03 Å². The molecule has 0 heterocycles. The molecule has 2 rings (SSSR count). The molecule has 0 saturated carbocycles. The summed E-state index contributed by atoms with van der Waals surface area (Å²) in [4.78, 5) is 23.6. The highest BCUT2D eigenvalue weighted by molar-refractivity contribution is 5.89. The van der Waals surface area contributed by atoms with Gasteiger partial charge in [-0.3, -0.25) is 4.79 Å². The van der Waals surface area contributed by atoms with Crippen molar-refractivity contribution in [3.63, 3.8) is 0 Å². The maximum atomic E-state index is 11.9. The molecule has 2 aromatic rings. The summed E-state index contributed by atoms with van der Waals surface area (Å²) < 4.78 is 0. The van der Waals surface area contributed by atoms with Crippen LogP contribution in [0.3, 0.4) is 0 Å². The fourth-order valence-electron chi connectivity index (χ4n) is 2.33. The first-order valence-electron chi connectivity index (χ1n) is 8.50. The van der Waals surface area contributed by atoms with Gasteiger partial charge in [0.15, 0.2) is 0 Å². The number of hydrogen-bond donors (Lipinski definition) is 3. The molecular weight excluding hydrogens is 314 g/mol. The van der Waals surface area contributed by atoms with Crippen molar-refractivity contribution >= 4 is 17.6 Å². The highest BCUT2D eigenvalue weighted by atomic mass is 16.2. The highest BCUT2D eigenvalue weighted by Crippen LogP contribution is 2.09. The van der Waals surface area contributed by atoms with E-state index in [4.69, 9.17) is 0 Å². The summed E-state index contributed by atoms with van der Waals surface area (Å²) in [5, 5.41) is 8.45. The van der Waals surface area contributed by atoms with Crippen molar-refractivity contribution in [2.75, 3.05) is 5.32 Å². The lowest BCUT2D eigenvalue weighted by Gasteiger charge is -2.11. The predicted molar refractivity (Wildman–Crippen MR) is 100 cm³/mol. The first kappa shape index (κ1) is 18.5. The molecule has 0 atom stereocenters. The highest BCUT2D eigenvalue weighted by Gasteiger charge is 2.05. The molecule has 0 bridgehead atoms. The van der Waals surface area contributed by atoms with Crippen molar-refractivity contribution in [2.45, 2.75) is 39.3 Å². The van der Waals surface area contributed by atoms with Gasteiger partial charge in [0.05, 0.1) is 0 Å². The Balaban J connectivity index is 1.73. The summed E-state index contributed by atoms with van der Waals surface area (Å²) in [6.45, 7) is 4.29. The number of rotatable bonds is 7. The zero-order valence-electron chi connectivity index (χ0n) is 14.7. The molecule has 3 N–H and O–H groups in total. The Labute approximate surface area is 148 Å². The smallest absolute Gasteiger partial charge is 0.319 e. The van der Waals surface area contributed by atoms with Crippen LogP contribution in [0.15, 0.2) is 54.6 Å². The maximum Gasteiger partial charge on any atom is 0.319 e. The van der Waals surface area contributed by atoms with E-state index in [-0.39, 0.29) is 18.0 Å². The topological polar surface area (TPSA) is 70.2 Å². The van der Waals surface area contributed by atoms with E-state index in [2.05, 4.69) is 16.0 Å². The Hall–Kier alpha value is -2.82. The summed E-state index contributed by atoms with van der Waals surface area (Å²) >= 11 is 0. The molecule has 0 spiro atoms. The summed E-state index contributed by atoms with van der Waals surface area (Å²) in [7, 11) is 0. The Kier molecular flexibility index (Phi) is 7.01. The quantitative estimate of drug-likeness (QED) is 0.723. The van der Waals surface area contributed by atoms with Crippen molar-refractivity contribution in [1.29, 1.82) is 0 Å². The van der Waals surface area contributed by atoms with E-state index in [1.165, 1.54) is 0 Å². The molecule has 25 heavy (non-hydrogen) atoms. The summed E-state index contributed by atoms with van der Waals surface area (Å²) in [6, 6.07) is 17.3. The molecule has 2 aromatic carbocycles. The van der Waals surface area contributed by atoms with E-state index >= 15 is 0 Å². The average molecular weight is 339 g/mol. The molecule has 3 amide bonds. The largest absolute Gasteiger partial charge is 0.352 e. The molecule has 132 valence electrons. The molecule has 0 fully saturated rings. The van der Waals surface area contributed by atoms with Crippen LogP contribution in [0.5, 0.6) is 0 Å². The summed E-state index contributed by atoms with van der Waals surface area (Å²) in [6.07, 6.45) is 1.21. The number of hydrogen-bond acceptors (Lipinski definition) is 2. The molecule has 0 unspecified atom stereocenters. The predicted octanol–water partition coefficient (Wildman–Crippen LogP) is 3.47. The lowest BCUT2D eigenvalue weighted by Crippen LogP contribution is -2.34. The van der Waals surface area contributed by atoms with Crippen LogP contribution in [0.1, 0.15) is 31.4 Å². The SMILES string of the molecule is CC(C)NC(=O)Nc1ccc(CNC(=O)CCc2ccccc2)cc1. The van der Waals surface area contributed by atoms with Gasteiger partial charge in [-0.2, -0.15) is 0 Å². The van der Waals surface area contributed by atoms with E-state index in [0.717, 1.165) is 23.2 Å². The van der Waals surface area contributed by atoms with Gasteiger partial charge in [0, 0.05) is 24.7 Å². The second-order valence-corrected chi connectivity index (χ2v) is 6.21. The number of benzene rings is 2. The number of nitrogens with one attached hydrogen (secondary N) is 3. The Morgan fingerprint density at radius 3 is 2.24 bits per heavy atom. The van der Waals surface area contributed by atoms with Gasteiger partial charge in [-0.25, -0.2) is 4.79 Å². The zero-order valence-corrected chi connectivity index (χ0v) is 14.7. The van der Waals surface area contributed by atoms with Gasteiger partial charge in [-0.15, -0.1) is 0 Å². The summed E-state index contributed by atoms with van der Waals surface area (Å²) in [5.41, 5.74) is 2.87. The standard InChI is InChI=1S/C20H25N3O2/c1-15(2)22-20(25)23-18-11-8-17(9-12-18)14-21-19(24)13-10-16-6-4-3-5-7-16/h3-9,11-12,15H,10,13-14H2,1-2H3,(H,21,24)(H2,22,23,25). The number of urea groups is 1. The Bertz CT molecular complexity index is 682. The van der Waals surface area contributed by atoms with Crippen LogP contribution in [0.4, 0.5) is 10.5 Å². The van der Waals surface area contributed by atoms with Gasteiger partial charge < -0.3 is 16.0 Å². The van der Waals surface area contributed by atoms with E-state index in [1.54, 1.807) is 0 Å². The van der Waals surface area contributed by atoms with Gasteiger partial charge in [-0.1, -0.05) is 42.5 Å². The monoisotopic (exact) mass is 339 g/mol. The maximum absolute atomic E-state index is 11.9. The van der Waals surface area contributed by atoms with Crippen LogP contribution in [0.2, 0.25) is 0 Å². The van der Waals surface area contributed by atoms with E-state index < -0.39 is 0 Å². The van der Waals surface area contributed by atoms with Crippen LogP contribution in [-0.4, -0.2) is 18.0 Å². The molecule has 5 nitrogen and oxygen atoms in total. The minimum Gasteiger partial charge on any atom is -0.352 e. The molecule has 0 aromatic heterocycles. The molecule has 0 saturated heterocycles. The fourth-order valence-corrected chi connectivity index (χ4v) is 2.33. The molecular formula is C20H25N3O2. The number of amides is 3. The van der Waals surface area contributed by atoms with Crippen molar-refractivity contribution in [3.05, 3.63) is 65.7 Å².